The summed E-state index contributed by atoms with van der Waals surface area (Å²) in [7, 11) is 1.75. The first-order valence-electron chi connectivity index (χ1n) is 5.23. The summed E-state index contributed by atoms with van der Waals surface area (Å²) in [6.45, 7) is 2.76. The van der Waals surface area contributed by atoms with Crippen LogP contribution in [0.15, 0.2) is 6.20 Å². The Hall–Kier alpha value is -0.650. The molecule has 1 saturated carbocycles. The molecule has 1 heterocycles. The number of nitrogens with zero attached hydrogens (tertiary/aromatic N) is 2. The van der Waals surface area contributed by atoms with Gasteiger partial charge in [0.25, 0.3) is 0 Å². The van der Waals surface area contributed by atoms with Crippen LogP contribution in [0.4, 0.5) is 5.13 Å². The fraction of sp³-hybridized carbons (Fsp3) is 0.700. The van der Waals surface area contributed by atoms with Crippen molar-refractivity contribution in [2.45, 2.75) is 25.4 Å². The largest absolute Gasteiger partial charge is 0.383 e. The van der Waals surface area contributed by atoms with E-state index in [9.17, 15) is 0 Å². The number of nitrogen functional groups attached to an aromatic ring is 1. The van der Waals surface area contributed by atoms with Crippen molar-refractivity contribution in [2.75, 3.05) is 26.0 Å². The highest BCUT2D eigenvalue weighted by Crippen LogP contribution is 2.29. The Balaban J connectivity index is 1.88. The van der Waals surface area contributed by atoms with Crippen molar-refractivity contribution in [2.24, 2.45) is 0 Å². The Bertz CT molecular complexity index is 311. The van der Waals surface area contributed by atoms with E-state index in [0.29, 0.717) is 5.13 Å². The molecule has 1 aliphatic rings. The molecule has 1 aromatic rings. The van der Waals surface area contributed by atoms with Crippen LogP contribution in [0.1, 0.15) is 17.7 Å². The SMILES string of the molecule is COCCN(Cc1cnc(N)s1)C1CC1. The van der Waals surface area contributed by atoms with Gasteiger partial charge in [0.05, 0.1) is 6.61 Å². The van der Waals surface area contributed by atoms with Crippen LogP contribution in [-0.4, -0.2) is 36.2 Å². The molecule has 0 spiro atoms. The summed E-state index contributed by atoms with van der Waals surface area (Å²) in [5, 5.41) is 0.660. The van der Waals surface area contributed by atoms with Gasteiger partial charge >= 0.3 is 0 Å². The smallest absolute Gasteiger partial charge is 0.180 e. The van der Waals surface area contributed by atoms with Crippen LogP contribution in [-0.2, 0) is 11.3 Å². The molecule has 0 saturated heterocycles. The number of hydrogen-bond acceptors (Lipinski definition) is 5. The van der Waals surface area contributed by atoms with Gasteiger partial charge in [0.1, 0.15) is 0 Å². The molecule has 1 fully saturated rings. The van der Waals surface area contributed by atoms with Crippen LogP contribution in [0.2, 0.25) is 0 Å². The Morgan fingerprint density at radius 1 is 1.67 bits per heavy atom. The van der Waals surface area contributed by atoms with E-state index in [2.05, 4.69) is 9.88 Å². The molecule has 0 aromatic carbocycles. The number of aromatic nitrogens is 1. The Morgan fingerprint density at radius 3 is 3.00 bits per heavy atom. The van der Waals surface area contributed by atoms with Gasteiger partial charge in [0.15, 0.2) is 5.13 Å². The zero-order valence-electron chi connectivity index (χ0n) is 8.98. The van der Waals surface area contributed by atoms with E-state index in [1.165, 1.54) is 17.7 Å². The number of thiazole rings is 1. The molecule has 2 rings (SSSR count). The Kier molecular flexibility index (Phi) is 3.56. The highest BCUT2D eigenvalue weighted by Gasteiger charge is 2.28. The van der Waals surface area contributed by atoms with Gasteiger partial charge in [-0.1, -0.05) is 0 Å². The molecule has 1 aromatic heterocycles. The number of rotatable bonds is 6. The van der Waals surface area contributed by atoms with Crippen molar-refractivity contribution in [1.82, 2.24) is 9.88 Å². The fourth-order valence-corrected chi connectivity index (χ4v) is 2.34. The van der Waals surface area contributed by atoms with E-state index in [-0.39, 0.29) is 0 Å². The lowest BCUT2D eigenvalue weighted by molar-refractivity contribution is 0.140. The second-order valence-corrected chi connectivity index (χ2v) is 5.01. The molecule has 1 aliphatic carbocycles. The molecule has 0 bridgehead atoms. The molecule has 0 radical (unpaired) electrons. The standard InChI is InChI=1S/C10H17N3OS/c1-14-5-4-13(8-2-3-8)7-9-6-12-10(11)15-9/h6,8H,2-5,7H2,1H3,(H2,11,12). The second kappa shape index (κ2) is 4.92. The quantitative estimate of drug-likeness (QED) is 0.796. The van der Waals surface area contributed by atoms with Crippen LogP contribution >= 0.6 is 11.3 Å². The van der Waals surface area contributed by atoms with Gasteiger partial charge in [-0.25, -0.2) is 4.98 Å². The van der Waals surface area contributed by atoms with Gasteiger partial charge < -0.3 is 10.5 Å². The predicted molar refractivity (Wildman–Crippen MR) is 61.8 cm³/mol. The van der Waals surface area contributed by atoms with Gasteiger partial charge in [-0.05, 0) is 12.8 Å². The molecule has 0 atom stereocenters. The average molecular weight is 227 g/mol. The maximum absolute atomic E-state index is 5.61. The average Bonchev–Trinajstić information content (AvgIpc) is 2.98. The number of ether oxygens (including phenoxy) is 1. The Morgan fingerprint density at radius 2 is 2.47 bits per heavy atom. The summed E-state index contributed by atoms with van der Waals surface area (Å²) in [6.07, 6.45) is 4.51. The second-order valence-electron chi connectivity index (χ2n) is 3.86. The van der Waals surface area contributed by atoms with E-state index in [4.69, 9.17) is 10.5 Å². The minimum atomic E-state index is 0.660. The minimum absolute atomic E-state index is 0.660. The van der Waals surface area contributed by atoms with E-state index < -0.39 is 0 Å². The summed E-state index contributed by atoms with van der Waals surface area (Å²) in [4.78, 5) is 7.77. The van der Waals surface area contributed by atoms with Crippen molar-refractivity contribution in [1.29, 1.82) is 0 Å². The molecule has 4 nitrogen and oxygen atoms in total. The first-order valence-corrected chi connectivity index (χ1v) is 6.04. The van der Waals surface area contributed by atoms with Gasteiger partial charge in [-0.2, -0.15) is 0 Å². The summed E-state index contributed by atoms with van der Waals surface area (Å²) in [5.74, 6) is 0. The van der Waals surface area contributed by atoms with Crippen LogP contribution in [0.5, 0.6) is 0 Å². The van der Waals surface area contributed by atoms with Crippen molar-refractivity contribution in [3.05, 3.63) is 11.1 Å². The lowest BCUT2D eigenvalue weighted by Crippen LogP contribution is -2.28. The highest BCUT2D eigenvalue weighted by atomic mass is 32.1. The van der Waals surface area contributed by atoms with Crippen LogP contribution in [0.25, 0.3) is 0 Å². The maximum Gasteiger partial charge on any atom is 0.180 e. The lowest BCUT2D eigenvalue weighted by Gasteiger charge is -2.20. The number of methoxy groups -OCH3 is 1. The topological polar surface area (TPSA) is 51.4 Å². The van der Waals surface area contributed by atoms with Crippen molar-refractivity contribution >= 4 is 16.5 Å². The molecule has 0 aliphatic heterocycles. The van der Waals surface area contributed by atoms with E-state index in [1.54, 1.807) is 18.4 Å². The number of anilines is 1. The number of hydrogen-bond donors (Lipinski definition) is 1. The molecule has 5 heteroatoms. The van der Waals surface area contributed by atoms with Gasteiger partial charge in [0, 0.05) is 37.3 Å². The first-order chi connectivity index (χ1) is 7.29. The third-order valence-corrected chi connectivity index (χ3v) is 3.39. The molecular weight excluding hydrogens is 210 g/mol. The van der Waals surface area contributed by atoms with Gasteiger partial charge in [-0.3, -0.25) is 4.90 Å². The van der Waals surface area contributed by atoms with Crippen molar-refractivity contribution < 1.29 is 4.74 Å². The van der Waals surface area contributed by atoms with E-state index in [1.807, 2.05) is 6.20 Å². The third kappa shape index (κ3) is 3.15. The molecular formula is C10H17N3OS. The molecule has 84 valence electrons. The lowest BCUT2D eigenvalue weighted by atomic mass is 10.4. The molecule has 2 N–H and O–H groups in total. The van der Waals surface area contributed by atoms with Crippen molar-refractivity contribution in [3.63, 3.8) is 0 Å². The summed E-state index contributed by atoms with van der Waals surface area (Å²) < 4.78 is 5.11. The normalized spacial score (nSPS) is 16.1. The highest BCUT2D eigenvalue weighted by molar-refractivity contribution is 7.15. The van der Waals surface area contributed by atoms with Crippen LogP contribution in [0, 0.1) is 0 Å². The fourth-order valence-electron chi connectivity index (χ4n) is 1.63. The van der Waals surface area contributed by atoms with E-state index >= 15 is 0 Å². The minimum Gasteiger partial charge on any atom is -0.383 e. The van der Waals surface area contributed by atoms with Crippen molar-refractivity contribution in [3.8, 4) is 0 Å². The first kappa shape index (κ1) is 10.9. The van der Waals surface area contributed by atoms with Crippen LogP contribution in [0.3, 0.4) is 0 Å². The molecule has 0 amide bonds. The summed E-state index contributed by atoms with van der Waals surface area (Å²) >= 11 is 1.58. The predicted octanol–water partition coefficient (Wildman–Crippen LogP) is 1.34. The maximum atomic E-state index is 5.61. The summed E-state index contributed by atoms with van der Waals surface area (Å²) in [6, 6.07) is 0.753. The Labute approximate surface area is 94.1 Å². The van der Waals surface area contributed by atoms with E-state index in [0.717, 1.165) is 25.7 Å². The zero-order chi connectivity index (χ0) is 10.7. The third-order valence-electron chi connectivity index (χ3n) is 2.58. The van der Waals surface area contributed by atoms with Crippen LogP contribution < -0.4 is 5.73 Å². The zero-order valence-corrected chi connectivity index (χ0v) is 9.80. The molecule has 0 unspecified atom stereocenters. The summed E-state index contributed by atoms with van der Waals surface area (Å²) in [5.41, 5.74) is 5.61. The molecule has 15 heavy (non-hydrogen) atoms. The van der Waals surface area contributed by atoms with Gasteiger partial charge in [-0.15, -0.1) is 11.3 Å². The van der Waals surface area contributed by atoms with Gasteiger partial charge in [0.2, 0.25) is 0 Å². The number of nitrogens with two attached hydrogens (primary N) is 1. The monoisotopic (exact) mass is 227 g/mol.